The lowest BCUT2D eigenvalue weighted by Crippen LogP contribution is -2.29. The van der Waals surface area contributed by atoms with Gasteiger partial charge in [0.2, 0.25) is 0 Å². The topological polar surface area (TPSA) is 65.0 Å². The molecule has 0 fully saturated rings. The Kier molecular flexibility index (Phi) is 6.97. The van der Waals surface area contributed by atoms with E-state index in [0.29, 0.717) is 17.5 Å². The van der Waals surface area contributed by atoms with Crippen LogP contribution in [0.15, 0.2) is 209 Å². The molecule has 14 rings (SSSR count). The smallest absolute Gasteiger partial charge is 0.164 e. The van der Waals surface area contributed by atoms with Crippen LogP contribution in [0, 0.1) is 0 Å². The Labute approximate surface area is 361 Å². The van der Waals surface area contributed by atoms with Gasteiger partial charge in [0.25, 0.3) is 0 Å². The van der Waals surface area contributed by atoms with Gasteiger partial charge in [-0.05, 0) is 98.1 Å². The summed E-state index contributed by atoms with van der Waals surface area (Å²) in [5.74, 6) is 1.74. The van der Waals surface area contributed by atoms with Gasteiger partial charge in [-0.25, -0.2) is 15.0 Å². The van der Waals surface area contributed by atoms with Crippen molar-refractivity contribution in [1.29, 1.82) is 0 Å². The van der Waals surface area contributed by atoms with Gasteiger partial charge in [-0.2, -0.15) is 0 Å². The van der Waals surface area contributed by atoms with Crippen LogP contribution >= 0.6 is 0 Å². The largest absolute Gasteiger partial charge is 0.456 e. The molecule has 0 atom stereocenters. The molecule has 0 bridgehead atoms. The van der Waals surface area contributed by atoms with E-state index in [9.17, 15) is 0 Å². The fourth-order valence-electron chi connectivity index (χ4n) is 10.8. The lowest BCUT2D eigenvalue weighted by Gasteiger charge is -2.35. The van der Waals surface area contributed by atoms with Gasteiger partial charge in [0.15, 0.2) is 17.5 Å². The summed E-state index contributed by atoms with van der Waals surface area (Å²) in [7, 11) is 0. The second-order valence-electron chi connectivity index (χ2n) is 16.6. The molecule has 3 heterocycles. The van der Waals surface area contributed by atoms with E-state index in [0.717, 1.165) is 71.7 Å². The first-order valence-electron chi connectivity index (χ1n) is 21.3. The zero-order chi connectivity index (χ0) is 41.2. The minimum absolute atomic E-state index is 0.564. The molecule has 0 unspecified atom stereocenters. The van der Waals surface area contributed by atoms with Crippen molar-refractivity contribution >= 4 is 43.9 Å². The first-order valence-corrected chi connectivity index (χ1v) is 21.3. The van der Waals surface area contributed by atoms with Crippen LogP contribution in [0.1, 0.15) is 22.3 Å². The second-order valence-corrected chi connectivity index (χ2v) is 16.6. The molecule has 0 saturated carbocycles. The van der Waals surface area contributed by atoms with Gasteiger partial charge in [-0.1, -0.05) is 158 Å². The second kappa shape index (κ2) is 12.8. The van der Waals surface area contributed by atoms with Crippen molar-refractivity contribution in [2.45, 2.75) is 5.41 Å². The third-order valence-electron chi connectivity index (χ3n) is 13.4. The maximum absolute atomic E-state index is 6.40. The van der Waals surface area contributed by atoms with Crippen molar-refractivity contribution in [1.82, 2.24) is 15.0 Å². The fraction of sp³-hybridized carbons (Fsp3) is 0.0172. The van der Waals surface area contributed by atoms with Crippen molar-refractivity contribution in [2.24, 2.45) is 0 Å². The highest BCUT2D eigenvalue weighted by atomic mass is 16.3. The van der Waals surface area contributed by atoms with Crippen molar-refractivity contribution in [2.75, 3.05) is 0 Å². The SMILES string of the molecule is c1ccc2c(c1)-c1ccccc1C1(c3ccccc3-2)c2ccccc2-c2c(-c3nc(-c4ccc5c(c4)oc4ccccc45)nc(-c4ccc5oc6ccccc6c5c4)n3)cccc21. The highest BCUT2D eigenvalue weighted by molar-refractivity contribution is 6.07. The maximum Gasteiger partial charge on any atom is 0.164 e. The predicted molar refractivity (Wildman–Crippen MR) is 252 cm³/mol. The zero-order valence-electron chi connectivity index (χ0n) is 33.7. The summed E-state index contributed by atoms with van der Waals surface area (Å²) in [6.07, 6.45) is 0. The van der Waals surface area contributed by atoms with E-state index in [1.165, 1.54) is 44.5 Å². The van der Waals surface area contributed by atoms with E-state index in [-0.39, 0.29) is 0 Å². The molecule has 63 heavy (non-hydrogen) atoms. The summed E-state index contributed by atoms with van der Waals surface area (Å²) in [5, 5.41) is 4.19. The number of fused-ring (bicyclic) bond motifs is 18. The fourth-order valence-corrected chi connectivity index (χ4v) is 10.8. The molecule has 0 N–H and O–H groups in total. The van der Waals surface area contributed by atoms with Gasteiger partial charge in [-0.3, -0.25) is 0 Å². The molecular formula is C58H33N3O2. The van der Waals surface area contributed by atoms with Gasteiger partial charge in [0.1, 0.15) is 22.3 Å². The summed E-state index contributed by atoms with van der Waals surface area (Å²) in [6.45, 7) is 0. The molecular weight excluding hydrogens is 771 g/mol. The predicted octanol–water partition coefficient (Wildman–Crippen LogP) is 14.7. The number of aromatic nitrogens is 3. The normalized spacial score (nSPS) is 13.2. The molecule has 5 nitrogen and oxygen atoms in total. The highest BCUT2D eigenvalue weighted by Crippen LogP contribution is 2.62. The van der Waals surface area contributed by atoms with E-state index in [1.807, 2.05) is 48.5 Å². The summed E-state index contributed by atoms with van der Waals surface area (Å²) < 4.78 is 12.6. The third kappa shape index (κ3) is 4.73. The van der Waals surface area contributed by atoms with E-state index >= 15 is 0 Å². The van der Waals surface area contributed by atoms with Crippen LogP contribution in [-0.4, -0.2) is 15.0 Å². The van der Waals surface area contributed by atoms with E-state index in [2.05, 4.69) is 152 Å². The first-order chi connectivity index (χ1) is 31.2. The van der Waals surface area contributed by atoms with Gasteiger partial charge in [0.05, 0.1) is 5.41 Å². The number of hydrogen-bond acceptors (Lipinski definition) is 5. The van der Waals surface area contributed by atoms with Gasteiger partial charge in [-0.15, -0.1) is 0 Å². The number of nitrogens with zero attached hydrogens (tertiary/aromatic N) is 3. The Bertz CT molecular complexity index is 3830. The van der Waals surface area contributed by atoms with Gasteiger partial charge >= 0.3 is 0 Å². The van der Waals surface area contributed by atoms with Crippen LogP contribution in [0.4, 0.5) is 0 Å². The molecule has 12 aromatic rings. The Morgan fingerprint density at radius 2 is 0.730 bits per heavy atom. The minimum Gasteiger partial charge on any atom is -0.456 e. The van der Waals surface area contributed by atoms with Crippen LogP contribution in [0.2, 0.25) is 0 Å². The molecule has 9 aromatic carbocycles. The standard InChI is InChI=1S/C58H33N3O2/c1-2-15-37-36(14-1)38-16-3-8-22-46(38)58(47-23-9-4-17-39(37)47)48-24-10-5-20-43(48)54-44(21-13-25-49(54)58)57-60-55(34-29-31-52-45(32-34)41-19-7-12-27-51(41)62-52)59-56(61-57)35-28-30-42-40-18-6-11-26-50(40)63-53(42)33-35/h1-33H. The molecule has 1 spiro atoms. The van der Waals surface area contributed by atoms with Crippen LogP contribution in [-0.2, 0) is 5.41 Å². The molecule has 5 heteroatoms. The van der Waals surface area contributed by atoms with Crippen LogP contribution in [0.25, 0.3) is 111 Å². The van der Waals surface area contributed by atoms with E-state index < -0.39 is 5.41 Å². The number of hydrogen-bond donors (Lipinski definition) is 0. The molecule has 0 amide bonds. The van der Waals surface area contributed by atoms with E-state index in [4.69, 9.17) is 23.8 Å². The average molecular weight is 804 g/mol. The minimum atomic E-state index is -0.632. The summed E-state index contributed by atoms with van der Waals surface area (Å²) >= 11 is 0. The quantitative estimate of drug-likeness (QED) is 0.178. The van der Waals surface area contributed by atoms with Crippen molar-refractivity contribution < 1.29 is 8.83 Å². The van der Waals surface area contributed by atoms with Crippen molar-refractivity contribution in [3.05, 3.63) is 222 Å². The summed E-state index contributed by atoms with van der Waals surface area (Å²) in [5.41, 5.74) is 17.5. The zero-order valence-corrected chi connectivity index (χ0v) is 33.7. The Balaban J connectivity index is 1.06. The molecule has 2 aliphatic carbocycles. The third-order valence-corrected chi connectivity index (χ3v) is 13.4. The summed E-state index contributed by atoms with van der Waals surface area (Å²) in [6, 6.07) is 71.1. The molecule has 0 saturated heterocycles. The lowest BCUT2D eigenvalue weighted by atomic mass is 9.66. The highest BCUT2D eigenvalue weighted by Gasteiger charge is 2.50. The van der Waals surface area contributed by atoms with E-state index in [1.54, 1.807) is 0 Å². The molecule has 0 aliphatic heterocycles. The first kappa shape index (κ1) is 34.3. The Morgan fingerprint density at radius 3 is 1.41 bits per heavy atom. The van der Waals surface area contributed by atoms with Crippen molar-refractivity contribution in [3.63, 3.8) is 0 Å². The number of para-hydroxylation sites is 2. The number of rotatable bonds is 3. The van der Waals surface area contributed by atoms with Crippen LogP contribution < -0.4 is 0 Å². The van der Waals surface area contributed by atoms with Gasteiger partial charge < -0.3 is 8.83 Å². The molecule has 3 aromatic heterocycles. The van der Waals surface area contributed by atoms with Gasteiger partial charge in [0, 0.05) is 38.2 Å². The molecule has 292 valence electrons. The maximum atomic E-state index is 6.40. The number of furan rings is 2. The Morgan fingerprint density at radius 1 is 0.286 bits per heavy atom. The van der Waals surface area contributed by atoms with Crippen LogP contribution in [0.5, 0.6) is 0 Å². The number of benzene rings is 9. The lowest BCUT2D eigenvalue weighted by molar-refractivity contribution is 0.668. The van der Waals surface area contributed by atoms with Crippen molar-refractivity contribution in [3.8, 4) is 67.5 Å². The Hall–Kier alpha value is -8.41. The van der Waals surface area contributed by atoms with Crippen LogP contribution in [0.3, 0.4) is 0 Å². The molecule has 0 radical (unpaired) electrons. The summed E-state index contributed by atoms with van der Waals surface area (Å²) in [4.78, 5) is 16.1. The molecule has 2 aliphatic rings. The monoisotopic (exact) mass is 803 g/mol. The average Bonchev–Trinajstić information content (AvgIpc) is 3.99.